The molecule has 0 bridgehead atoms. The molecule has 162 valence electrons. The van der Waals surface area contributed by atoms with Crippen molar-refractivity contribution in [2.45, 2.75) is 20.8 Å². The van der Waals surface area contributed by atoms with Crippen LogP contribution in [0, 0.1) is 20.8 Å². The molecule has 0 atom stereocenters. The van der Waals surface area contributed by atoms with E-state index in [-0.39, 0.29) is 12.5 Å². The minimum Gasteiger partial charge on any atom is -0.484 e. The molecule has 2 aromatic heterocycles. The van der Waals surface area contributed by atoms with Gasteiger partial charge in [0.2, 0.25) is 0 Å². The number of amides is 1. The summed E-state index contributed by atoms with van der Waals surface area (Å²) >= 11 is 6.19. The third-order valence-electron chi connectivity index (χ3n) is 5.44. The van der Waals surface area contributed by atoms with Gasteiger partial charge in [-0.05, 0) is 56.2 Å². The maximum atomic E-state index is 12.6. The number of carbonyl (C=O) groups excluding carboxylic acids is 1. The highest BCUT2D eigenvalue weighted by molar-refractivity contribution is 6.32. The maximum absolute atomic E-state index is 12.6. The number of carbonyl (C=O) groups is 1. The Balaban J connectivity index is 1.30. The van der Waals surface area contributed by atoms with Crippen LogP contribution in [0.2, 0.25) is 5.02 Å². The van der Waals surface area contributed by atoms with Crippen molar-refractivity contribution in [2.75, 3.05) is 37.7 Å². The predicted octanol–water partition coefficient (Wildman–Crippen LogP) is 2.97. The molecule has 0 radical (unpaired) electrons. The lowest BCUT2D eigenvalue weighted by Gasteiger charge is -2.35. The minimum absolute atomic E-state index is 0.0132. The molecule has 1 aromatic carbocycles. The Hall–Kier alpha value is -3.13. The van der Waals surface area contributed by atoms with E-state index in [0.717, 1.165) is 33.6 Å². The predicted molar refractivity (Wildman–Crippen MR) is 119 cm³/mol. The number of rotatable bonds is 5. The third-order valence-corrected chi connectivity index (χ3v) is 6.03. The molecular formula is C22H25ClN6O2. The molecule has 1 saturated heterocycles. The van der Waals surface area contributed by atoms with Crippen molar-refractivity contribution >= 4 is 23.3 Å². The van der Waals surface area contributed by atoms with Gasteiger partial charge in [-0.15, -0.1) is 10.2 Å². The number of anilines is 1. The first kappa shape index (κ1) is 21.1. The summed E-state index contributed by atoms with van der Waals surface area (Å²) in [4.78, 5) is 20.7. The van der Waals surface area contributed by atoms with Gasteiger partial charge in [0.25, 0.3) is 5.91 Å². The summed E-state index contributed by atoms with van der Waals surface area (Å²) in [5, 5.41) is 9.40. The van der Waals surface area contributed by atoms with Crippen LogP contribution < -0.4 is 9.64 Å². The highest BCUT2D eigenvalue weighted by atomic mass is 35.5. The van der Waals surface area contributed by atoms with Crippen LogP contribution in [0.25, 0.3) is 5.82 Å². The number of halogens is 1. The minimum atomic E-state index is -0.0260. The summed E-state index contributed by atoms with van der Waals surface area (Å²) in [6.45, 7) is 8.41. The van der Waals surface area contributed by atoms with E-state index in [1.54, 1.807) is 6.20 Å². The van der Waals surface area contributed by atoms with Crippen molar-refractivity contribution in [2.24, 2.45) is 0 Å². The van der Waals surface area contributed by atoms with Crippen LogP contribution in [0.4, 0.5) is 5.82 Å². The van der Waals surface area contributed by atoms with E-state index in [4.69, 9.17) is 16.3 Å². The van der Waals surface area contributed by atoms with Crippen molar-refractivity contribution in [3.05, 3.63) is 58.6 Å². The summed E-state index contributed by atoms with van der Waals surface area (Å²) < 4.78 is 7.60. The molecule has 0 spiro atoms. The van der Waals surface area contributed by atoms with Crippen LogP contribution in [0.1, 0.15) is 17.0 Å². The van der Waals surface area contributed by atoms with Crippen LogP contribution >= 0.6 is 11.6 Å². The summed E-state index contributed by atoms with van der Waals surface area (Å²) in [6.07, 6.45) is 3.60. The largest absolute Gasteiger partial charge is 0.484 e. The van der Waals surface area contributed by atoms with Crippen molar-refractivity contribution in [1.82, 2.24) is 24.6 Å². The van der Waals surface area contributed by atoms with Crippen molar-refractivity contribution in [3.8, 4) is 11.6 Å². The van der Waals surface area contributed by atoms with Gasteiger partial charge >= 0.3 is 0 Å². The van der Waals surface area contributed by atoms with Gasteiger partial charge in [0.05, 0.1) is 0 Å². The fourth-order valence-electron chi connectivity index (χ4n) is 3.65. The lowest BCUT2D eigenvalue weighted by atomic mass is 10.1. The average molecular weight is 441 g/mol. The van der Waals surface area contributed by atoms with Crippen molar-refractivity contribution in [1.29, 1.82) is 0 Å². The molecule has 3 heterocycles. The number of imidazole rings is 1. The number of ether oxygens (including phenoxy) is 1. The van der Waals surface area contributed by atoms with Crippen LogP contribution in [0.15, 0.2) is 36.7 Å². The van der Waals surface area contributed by atoms with E-state index in [9.17, 15) is 4.79 Å². The first-order chi connectivity index (χ1) is 14.9. The van der Waals surface area contributed by atoms with Gasteiger partial charge in [0.15, 0.2) is 18.2 Å². The molecule has 0 unspecified atom stereocenters. The zero-order valence-electron chi connectivity index (χ0n) is 17.9. The second-order valence-corrected chi connectivity index (χ2v) is 8.00. The monoisotopic (exact) mass is 440 g/mol. The smallest absolute Gasteiger partial charge is 0.260 e. The van der Waals surface area contributed by atoms with E-state index in [1.807, 2.05) is 60.7 Å². The molecule has 1 fully saturated rings. The van der Waals surface area contributed by atoms with E-state index < -0.39 is 0 Å². The van der Waals surface area contributed by atoms with Gasteiger partial charge in [0, 0.05) is 43.6 Å². The third kappa shape index (κ3) is 4.64. The molecule has 1 aliphatic heterocycles. The molecule has 3 aromatic rings. The Labute approximate surface area is 186 Å². The van der Waals surface area contributed by atoms with Crippen LogP contribution in [0.5, 0.6) is 5.75 Å². The highest BCUT2D eigenvalue weighted by Gasteiger charge is 2.22. The second-order valence-electron chi connectivity index (χ2n) is 7.62. The highest BCUT2D eigenvalue weighted by Crippen LogP contribution is 2.26. The molecule has 8 nitrogen and oxygen atoms in total. The first-order valence-electron chi connectivity index (χ1n) is 10.2. The first-order valence-corrected chi connectivity index (χ1v) is 10.6. The Morgan fingerprint density at radius 1 is 1.03 bits per heavy atom. The number of hydrogen-bond acceptors (Lipinski definition) is 6. The number of piperazine rings is 1. The lowest BCUT2D eigenvalue weighted by molar-refractivity contribution is -0.133. The van der Waals surface area contributed by atoms with E-state index in [1.165, 1.54) is 0 Å². The quantitative estimate of drug-likeness (QED) is 0.607. The molecule has 1 aliphatic rings. The zero-order valence-corrected chi connectivity index (χ0v) is 18.6. The maximum Gasteiger partial charge on any atom is 0.260 e. The number of aryl methyl sites for hydroxylation is 3. The molecule has 0 aliphatic carbocycles. The molecule has 0 saturated carbocycles. The Morgan fingerprint density at radius 3 is 2.26 bits per heavy atom. The Bertz CT molecular complexity index is 1050. The van der Waals surface area contributed by atoms with E-state index >= 15 is 0 Å². The normalized spacial score (nSPS) is 14.1. The lowest BCUT2D eigenvalue weighted by Crippen LogP contribution is -2.50. The zero-order chi connectivity index (χ0) is 22.0. The van der Waals surface area contributed by atoms with Gasteiger partial charge in [-0.2, -0.15) is 0 Å². The van der Waals surface area contributed by atoms with Crippen LogP contribution in [-0.4, -0.2) is 63.3 Å². The van der Waals surface area contributed by atoms with Gasteiger partial charge in [-0.3, -0.25) is 9.36 Å². The fourth-order valence-corrected chi connectivity index (χ4v) is 3.76. The summed E-state index contributed by atoms with van der Waals surface area (Å²) in [7, 11) is 0. The Kier molecular flexibility index (Phi) is 6.08. The fraction of sp³-hybridized carbons (Fsp3) is 0.364. The molecule has 0 N–H and O–H groups in total. The number of benzene rings is 1. The molecular weight excluding hydrogens is 416 g/mol. The summed E-state index contributed by atoms with van der Waals surface area (Å²) in [5.41, 5.74) is 1.88. The number of nitrogens with zero attached hydrogens (tertiary/aromatic N) is 6. The molecule has 9 heteroatoms. The number of hydrogen-bond donors (Lipinski definition) is 0. The van der Waals surface area contributed by atoms with Gasteiger partial charge in [0.1, 0.15) is 11.6 Å². The van der Waals surface area contributed by atoms with Crippen LogP contribution in [0.3, 0.4) is 0 Å². The van der Waals surface area contributed by atoms with Gasteiger partial charge in [-0.1, -0.05) is 11.6 Å². The van der Waals surface area contributed by atoms with Crippen LogP contribution in [-0.2, 0) is 4.79 Å². The standard InChI is InChI=1S/C22H25ClN6O2/c1-15-12-18(13-16(2)22(15)23)31-14-21(30)28-10-8-27(9-11-28)19-4-5-20(26-25-19)29-7-6-24-17(29)3/h4-7,12-13H,8-11,14H2,1-3H3. The molecule has 1 amide bonds. The molecule has 4 rings (SSSR count). The van der Waals surface area contributed by atoms with E-state index in [2.05, 4.69) is 20.1 Å². The Morgan fingerprint density at radius 2 is 1.68 bits per heavy atom. The van der Waals surface area contributed by atoms with Crippen molar-refractivity contribution < 1.29 is 9.53 Å². The topological polar surface area (TPSA) is 76.4 Å². The second kappa shape index (κ2) is 8.93. The SMILES string of the molecule is Cc1cc(OCC(=O)N2CCN(c3ccc(-n4ccnc4C)nn3)CC2)cc(C)c1Cl. The van der Waals surface area contributed by atoms with Crippen molar-refractivity contribution in [3.63, 3.8) is 0 Å². The number of aromatic nitrogens is 4. The van der Waals surface area contributed by atoms with Gasteiger partial charge in [-0.25, -0.2) is 4.98 Å². The summed E-state index contributed by atoms with van der Waals surface area (Å²) in [5.74, 6) is 3.03. The summed E-state index contributed by atoms with van der Waals surface area (Å²) in [6, 6.07) is 7.59. The van der Waals surface area contributed by atoms with E-state index in [0.29, 0.717) is 31.9 Å². The van der Waals surface area contributed by atoms with Gasteiger partial charge < -0.3 is 14.5 Å². The average Bonchev–Trinajstić information content (AvgIpc) is 3.21. The molecule has 31 heavy (non-hydrogen) atoms.